The number of aliphatic hydroxyl groups is 4. The lowest BCUT2D eigenvalue weighted by atomic mass is 9.99. The van der Waals surface area contributed by atoms with Crippen LogP contribution in [0.15, 0.2) is 41.1 Å². The molecular weight excluding hydrogens is 524 g/mol. The second kappa shape index (κ2) is 11.0. The van der Waals surface area contributed by atoms with Crippen molar-refractivity contribution in [3.8, 4) is 11.5 Å². The summed E-state index contributed by atoms with van der Waals surface area (Å²) in [6.45, 7) is -0.688. The molecule has 1 saturated heterocycles. The number of anilines is 1. The maximum Gasteiger partial charge on any atom is 0.354 e. The van der Waals surface area contributed by atoms with Gasteiger partial charge < -0.3 is 55.2 Å². The number of carbonyl (C=O) groups is 3. The summed E-state index contributed by atoms with van der Waals surface area (Å²) in [7, 11) is 0. The van der Waals surface area contributed by atoms with Gasteiger partial charge >= 0.3 is 17.9 Å². The van der Waals surface area contributed by atoms with Gasteiger partial charge in [0, 0.05) is 30.8 Å². The van der Waals surface area contributed by atoms with Crippen LogP contribution in [0, 0.1) is 0 Å². The number of allylic oxidation sites excluding steroid dienone is 1. The van der Waals surface area contributed by atoms with Gasteiger partial charge in [-0.1, -0.05) is 0 Å². The Labute approximate surface area is 219 Å². The molecule has 0 spiro atoms. The van der Waals surface area contributed by atoms with Crippen molar-refractivity contribution in [2.45, 2.75) is 55.6 Å². The molecule has 0 bridgehead atoms. The predicted octanol–water partition coefficient (Wildman–Crippen LogP) is -1.79. The molecule has 7 atom stereocenters. The molecule has 1 fully saturated rings. The van der Waals surface area contributed by atoms with Crippen LogP contribution < -0.4 is 9.64 Å². The summed E-state index contributed by atoms with van der Waals surface area (Å²) in [6.07, 6.45) is -4.19. The van der Waals surface area contributed by atoms with E-state index in [4.69, 9.17) is 9.47 Å². The van der Waals surface area contributed by atoms with Crippen LogP contribution in [0.4, 0.5) is 5.69 Å². The van der Waals surface area contributed by atoms with Gasteiger partial charge in [-0.2, -0.15) is 0 Å². The second-order valence-electron chi connectivity index (χ2n) is 9.14. The summed E-state index contributed by atoms with van der Waals surface area (Å²) in [6, 6.07) is 0.0330. The standard InChI is InChI=1S/C24H26N2O13/c27-8-17-18(29)19(30)20(31)24(39-17)38-16-6-10-5-14(23(36)37)26(13(10)7-15(16)28)2-1-9-3-11(21(32)33)25-12(4-9)22(34)35/h1-3,6-7,12,14,17-20,24,27-31H,4-5,8H2,(H,32,33)(H,34,35)(H,36,37)/b2-1+/t12-,14-,17+,18-,19+,20+,24+/m0/s1. The number of carboxylic acids is 3. The first kappa shape index (κ1) is 28.0. The highest BCUT2D eigenvalue weighted by atomic mass is 16.7. The van der Waals surface area contributed by atoms with E-state index in [1.54, 1.807) is 0 Å². The maximum absolute atomic E-state index is 12.0. The number of nitrogens with zero attached hydrogens (tertiary/aromatic N) is 2. The summed E-state index contributed by atoms with van der Waals surface area (Å²) in [5.41, 5.74) is 0.477. The summed E-state index contributed by atoms with van der Waals surface area (Å²) in [4.78, 5) is 39.7. The molecule has 3 aliphatic heterocycles. The van der Waals surface area contributed by atoms with Crippen LogP contribution in [0.5, 0.6) is 11.5 Å². The SMILES string of the molecule is O=C(O)C1=N[C@H](C(=O)O)CC(/C=C/N2c3cc(O)c(O[C@@H]4O[C@H](CO)[C@H](O)[C@@H](O)[C@H]4O)cc3C[C@H]2C(=O)O)=C1. The van der Waals surface area contributed by atoms with E-state index in [9.17, 15) is 55.2 Å². The van der Waals surface area contributed by atoms with Crippen LogP contribution in [0.3, 0.4) is 0 Å². The molecule has 210 valence electrons. The lowest BCUT2D eigenvalue weighted by Gasteiger charge is -2.39. The van der Waals surface area contributed by atoms with Gasteiger partial charge in [-0.25, -0.2) is 14.4 Å². The average Bonchev–Trinajstić information content (AvgIpc) is 3.24. The van der Waals surface area contributed by atoms with E-state index in [1.807, 2.05) is 0 Å². The number of phenolic OH excluding ortho intramolecular Hbond substituents is 1. The minimum atomic E-state index is -1.74. The Kier molecular flexibility index (Phi) is 7.89. The number of dihydropyridines is 1. The van der Waals surface area contributed by atoms with Crippen LogP contribution in [0.25, 0.3) is 0 Å². The molecule has 39 heavy (non-hydrogen) atoms. The molecule has 0 aromatic heterocycles. The van der Waals surface area contributed by atoms with Crippen molar-refractivity contribution in [2.24, 2.45) is 4.99 Å². The summed E-state index contributed by atoms with van der Waals surface area (Å²) in [5.74, 6) is -4.67. The van der Waals surface area contributed by atoms with E-state index in [1.165, 1.54) is 35.4 Å². The molecule has 1 aromatic carbocycles. The number of aliphatic carboxylic acids is 3. The van der Waals surface area contributed by atoms with Gasteiger partial charge in [0.1, 0.15) is 36.2 Å². The largest absolute Gasteiger partial charge is 0.504 e. The zero-order valence-corrected chi connectivity index (χ0v) is 20.1. The molecule has 8 N–H and O–H groups in total. The van der Waals surface area contributed by atoms with Crippen LogP contribution in [0.1, 0.15) is 12.0 Å². The fraction of sp³-hybridized carbons (Fsp3) is 0.417. The van der Waals surface area contributed by atoms with Gasteiger partial charge in [0.15, 0.2) is 17.5 Å². The highest BCUT2D eigenvalue weighted by molar-refractivity contribution is 6.41. The van der Waals surface area contributed by atoms with Crippen molar-refractivity contribution in [1.29, 1.82) is 0 Å². The number of aliphatic imine (C=N–C) groups is 1. The number of aliphatic hydroxyl groups excluding tert-OH is 4. The molecule has 4 rings (SSSR count). The van der Waals surface area contributed by atoms with Crippen LogP contribution >= 0.6 is 0 Å². The second-order valence-corrected chi connectivity index (χ2v) is 9.14. The molecule has 0 aliphatic carbocycles. The van der Waals surface area contributed by atoms with Gasteiger partial charge in [0.05, 0.1) is 6.61 Å². The third-order valence-corrected chi connectivity index (χ3v) is 6.56. The minimum absolute atomic E-state index is 0.0566. The monoisotopic (exact) mass is 550 g/mol. The van der Waals surface area contributed by atoms with Crippen molar-refractivity contribution in [3.05, 3.63) is 41.6 Å². The Morgan fingerprint density at radius 1 is 1.05 bits per heavy atom. The number of rotatable bonds is 8. The molecular formula is C24H26N2O13. The number of benzene rings is 1. The zero-order valence-electron chi connectivity index (χ0n) is 20.1. The smallest absolute Gasteiger partial charge is 0.354 e. The van der Waals surface area contributed by atoms with Crippen molar-refractivity contribution < 1.29 is 64.7 Å². The average molecular weight is 550 g/mol. The summed E-state index contributed by atoms with van der Waals surface area (Å²) >= 11 is 0. The van der Waals surface area contributed by atoms with Crippen molar-refractivity contribution in [2.75, 3.05) is 11.5 Å². The summed E-state index contributed by atoms with van der Waals surface area (Å²) < 4.78 is 10.8. The Bertz CT molecular complexity index is 1260. The van der Waals surface area contributed by atoms with E-state index < -0.39 is 78.8 Å². The fourth-order valence-corrected chi connectivity index (χ4v) is 4.51. The fourth-order valence-electron chi connectivity index (χ4n) is 4.51. The molecule has 0 amide bonds. The number of fused-ring (bicyclic) bond motifs is 1. The number of aromatic hydroxyl groups is 1. The van der Waals surface area contributed by atoms with E-state index in [-0.39, 0.29) is 29.9 Å². The maximum atomic E-state index is 12.0. The van der Waals surface area contributed by atoms with E-state index >= 15 is 0 Å². The van der Waals surface area contributed by atoms with Gasteiger partial charge in [0.25, 0.3) is 0 Å². The number of hydrogen-bond acceptors (Lipinski definition) is 12. The molecule has 0 unspecified atom stereocenters. The third kappa shape index (κ3) is 5.57. The first-order chi connectivity index (χ1) is 18.4. The van der Waals surface area contributed by atoms with Crippen LogP contribution in [-0.2, 0) is 25.5 Å². The van der Waals surface area contributed by atoms with Crippen LogP contribution in [-0.4, -0.2) is 114 Å². The molecule has 15 nitrogen and oxygen atoms in total. The molecule has 3 aliphatic rings. The highest BCUT2D eigenvalue weighted by Crippen LogP contribution is 2.42. The Morgan fingerprint density at radius 3 is 2.38 bits per heavy atom. The lowest BCUT2D eigenvalue weighted by molar-refractivity contribution is -0.277. The van der Waals surface area contributed by atoms with Gasteiger partial charge in [-0.3, -0.25) is 4.99 Å². The molecule has 3 heterocycles. The van der Waals surface area contributed by atoms with Gasteiger partial charge in [-0.15, -0.1) is 0 Å². The summed E-state index contributed by atoms with van der Waals surface area (Å²) in [5, 5.41) is 78.4. The topological polar surface area (TPSA) is 247 Å². The zero-order chi connectivity index (χ0) is 28.6. The Balaban J connectivity index is 1.61. The number of phenols is 1. The molecule has 0 saturated carbocycles. The minimum Gasteiger partial charge on any atom is -0.504 e. The van der Waals surface area contributed by atoms with Gasteiger partial charge in [0.2, 0.25) is 6.29 Å². The normalized spacial score (nSPS) is 30.5. The van der Waals surface area contributed by atoms with Crippen molar-refractivity contribution >= 4 is 29.3 Å². The number of carboxylic acid groups (broad SMARTS) is 3. The number of ether oxygens (including phenoxy) is 2. The molecule has 15 heteroatoms. The molecule has 0 radical (unpaired) electrons. The van der Waals surface area contributed by atoms with E-state index in [0.29, 0.717) is 5.56 Å². The number of hydrogen-bond donors (Lipinski definition) is 8. The third-order valence-electron chi connectivity index (χ3n) is 6.56. The van der Waals surface area contributed by atoms with Crippen molar-refractivity contribution in [1.82, 2.24) is 0 Å². The Morgan fingerprint density at radius 2 is 1.77 bits per heavy atom. The Hall–Kier alpha value is -4.02. The first-order valence-corrected chi connectivity index (χ1v) is 11.7. The quantitative estimate of drug-likeness (QED) is 0.178. The highest BCUT2D eigenvalue weighted by Gasteiger charge is 2.45. The lowest BCUT2D eigenvalue weighted by Crippen LogP contribution is -2.60. The molecule has 1 aromatic rings. The van der Waals surface area contributed by atoms with Gasteiger partial charge in [-0.05, 0) is 29.4 Å². The van der Waals surface area contributed by atoms with E-state index in [2.05, 4.69) is 4.99 Å². The predicted molar refractivity (Wildman–Crippen MR) is 128 cm³/mol. The van der Waals surface area contributed by atoms with Crippen molar-refractivity contribution in [3.63, 3.8) is 0 Å². The van der Waals surface area contributed by atoms with E-state index in [0.717, 1.165) is 0 Å². The first-order valence-electron chi connectivity index (χ1n) is 11.7. The van der Waals surface area contributed by atoms with Crippen LogP contribution in [0.2, 0.25) is 0 Å².